The summed E-state index contributed by atoms with van der Waals surface area (Å²) in [6.07, 6.45) is 2.63. The number of nitriles is 1. The number of carbonyl (C=O) groups excluding carboxylic acids is 1. The van der Waals surface area contributed by atoms with Crippen molar-refractivity contribution in [2.24, 2.45) is 0 Å². The fraction of sp³-hybridized carbons (Fsp3) is 0.368. The van der Waals surface area contributed by atoms with Crippen molar-refractivity contribution in [2.45, 2.75) is 12.8 Å². The molecule has 152 valence electrons. The quantitative estimate of drug-likeness (QED) is 0.624. The predicted octanol–water partition coefficient (Wildman–Crippen LogP) is 0.317. The normalized spacial score (nSPS) is 15.1. The van der Waals surface area contributed by atoms with E-state index in [1.165, 1.54) is 15.2 Å². The first-order chi connectivity index (χ1) is 13.8. The van der Waals surface area contributed by atoms with Gasteiger partial charge in [-0.2, -0.15) is 19.3 Å². The summed E-state index contributed by atoms with van der Waals surface area (Å²) in [5.41, 5.74) is 1.64. The van der Waals surface area contributed by atoms with E-state index >= 15 is 0 Å². The molecule has 2 heterocycles. The Morgan fingerprint density at radius 2 is 1.83 bits per heavy atom. The minimum Gasteiger partial charge on any atom is -0.364 e. The lowest BCUT2D eigenvalue weighted by atomic mass is 10.2. The van der Waals surface area contributed by atoms with Crippen LogP contribution in [-0.4, -0.2) is 61.2 Å². The van der Waals surface area contributed by atoms with Crippen molar-refractivity contribution < 1.29 is 13.2 Å². The molecule has 1 aliphatic heterocycles. The molecule has 3 rings (SSSR count). The molecule has 0 aliphatic carbocycles. The molecular weight excluding hydrogens is 394 g/mol. The van der Waals surface area contributed by atoms with E-state index in [9.17, 15) is 18.0 Å². The summed E-state index contributed by atoms with van der Waals surface area (Å²) in [5, 5.41) is 13.3. The zero-order valence-corrected chi connectivity index (χ0v) is 16.8. The summed E-state index contributed by atoms with van der Waals surface area (Å²) in [6.45, 7) is 1.35. The molecule has 0 atom stereocenters. The van der Waals surface area contributed by atoms with E-state index in [-0.39, 0.29) is 12.0 Å². The monoisotopic (exact) mass is 415 g/mol. The number of piperazine rings is 1. The Hall–Kier alpha value is -3.03. The van der Waals surface area contributed by atoms with E-state index in [0.29, 0.717) is 55.2 Å². The second-order valence-corrected chi connectivity index (χ2v) is 8.73. The highest BCUT2D eigenvalue weighted by atomic mass is 32.2. The van der Waals surface area contributed by atoms with Gasteiger partial charge in [0.2, 0.25) is 10.0 Å². The van der Waals surface area contributed by atoms with Crippen LogP contribution in [0.25, 0.3) is 5.69 Å². The summed E-state index contributed by atoms with van der Waals surface area (Å²) in [4.78, 5) is 25.8. The molecule has 29 heavy (non-hydrogen) atoms. The van der Waals surface area contributed by atoms with Gasteiger partial charge in [0, 0.05) is 32.6 Å². The van der Waals surface area contributed by atoms with Crippen LogP contribution >= 0.6 is 0 Å². The van der Waals surface area contributed by atoms with Gasteiger partial charge < -0.3 is 9.69 Å². The number of hydrogen-bond donors (Lipinski definition) is 0. The number of rotatable bonds is 6. The van der Waals surface area contributed by atoms with Crippen LogP contribution in [0.2, 0.25) is 0 Å². The summed E-state index contributed by atoms with van der Waals surface area (Å²) < 4.78 is 26.1. The van der Waals surface area contributed by atoms with Gasteiger partial charge in [-0.15, -0.1) is 0 Å². The number of nitrogens with zero attached hydrogens (tertiary/aromatic N) is 5. The molecule has 0 bridgehead atoms. The fourth-order valence-electron chi connectivity index (χ4n) is 3.20. The number of anilines is 1. The Bertz CT molecular complexity index is 1090. The molecule has 1 aliphatic rings. The molecule has 9 nitrogen and oxygen atoms in total. The Labute approximate surface area is 168 Å². The van der Waals surface area contributed by atoms with Gasteiger partial charge in [0.1, 0.15) is 12.0 Å². The van der Waals surface area contributed by atoms with E-state index in [2.05, 4.69) is 5.10 Å². The third kappa shape index (κ3) is 4.70. The highest BCUT2D eigenvalue weighted by Gasteiger charge is 2.25. The Kier molecular flexibility index (Phi) is 6.10. The first-order valence-corrected chi connectivity index (χ1v) is 11.0. The summed E-state index contributed by atoms with van der Waals surface area (Å²) in [7, 11) is -3.27. The van der Waals surface area contributed by atoms with E-state index in [4.69, 9.17) is 5.26 Å². The predicted molar refractivity (Wildman–Crippen MR) is 108 cm³/mol. The molecule has 0 amide bonds. The maximum atomic E-state index is 13.1. The average molecular weight is 415 g/mol. The second-order valence-electron chi connectivity index (χ2n) is 6.75. The largest absolute Gasteiger partial charge is 0.364 e. The average Bonchev–Trinajstić information content (AvgIpc) is 2.72. The Balaban J connectivity index is 1.99. The molecule has 0 N–H and O–H groups in total. The topological polar surface area (TPSA) is 116 Å². The lowest BCUT2D eigenvalue weighted by Crippen LogP contribution is -2.50. The lowest BCUT2D eigenvalue weighted by Gasteiger charge is -2.34. The third-order valence-corrected chi connectivity index (χ3v) is 6.05. The summed E-state index contributed by atoms with van der Waals surface area (Å²) in [5.74, 6) is 0. The molecule has 1 aromatic carbocycles. The Morgan fingerprint density at radius 3 is 2.38 bits per heavy atom. The van der Waals surface area contributed by atoms with Gasteiger partial charge in [-0.1, -0.05) is 0 Å². The number of sulfonamides is 1. The highest BCUT2D eigenvalue weighted by molar-refractivity contribution is 7.88. The smallest absolute Gasteiger partial charge is 0.295 e. The number of benzene rings is 1. The van der Waals surface area contributed by atoms with Crippen molar-refractivity contribution in [1.29, 1.82) is 5.26 Å². The first-order valence-electron chi connectivity index (χ1n) is 9.11. The maximum absolute atomic E-state index is 13.1. The van der Waals surface area contributed by atoms with Crippen molar-refractivity contribution in [3.63, 3.8) is 0 Å². The Morgan fingerprint density at radius 1 is 1.17 bits per heavy atom. The minimum atomic E-state index is -3.27. The molecule has 0 unspecified atom stereocenters. The standard InChI is InChI=1S/C19H21N5O4S/c1-29(27,28)23-10-8-22(9-11-23)18-13-16(3-2-12-25)21-24(19(18)26)17-6-4-15(14-20)5-7-17/h4-7,12-13H,2-3,8-11H2,1H3. The van der Waals surface area contributed by atoms with Crippen LogP contribution in [0.3, 0.4) is 0 Å². The van der Waals surface area contributed by atoms with Gasteiger partial charge in [0.15, 0.2) is 0 Å². The second kappa shape index (κ2) is 8.55. The van der Waals surface area contributed by atoms with Gasteiger partial charge in [0.25, 0.3) is 5.56 Å². The number of hydrogen-bond acceptors (Lipinski definition) is 7. The lowest BCUT2D eigenvalue weighted by molar-refractivity contribution is -0.107. The van der Waals surface area contributed by atoms with Crippen molar-refractivity contribution >= 4 is 22.0 Å². The fourth-order valence-corrected chi connectivity index (χ4v) is 4.03. The van der Waals surface area contributed by atoms with E-state index < -0.39 is 10.0 Å². The summed E-state index contributed by atoms with van der Waals surface area (Å²) in [6, 6.07) is 10.2. The van der Waals surface area contributed by atoms with Gasteiger partial charge in [-0.05, 0) is 36.8 Å². The van der Waals surface area contributed by atoms with Crippen LogP contribution in [0, 0.1) is 11.3 Å². The van der Waals surface area contributed by atoms with Crippen LogP contribution in [0.1, 0.15) is 17.7 Å². The molecule has 1 saturated heterocycles. The number of aldehydes is 1. The van der Waals surface area contributed by atoms with Crippen LogP contribution in [-0.2, 0) is 21.2 Å². The third-order valence-electron chi connectivity index (χ3n) is 4.75. The first kappa shape index (κ1) is 20.7. The molecule has 0 spiro atoms. The summed E-state index contributed by atoms with van der Waals surface area (Å²) >= 11 is 0. The molecule has 2 aromatic rings. The molecule has 10 heteroatoms. The maximum Gasteiger partial charge on any atom is 0.295 e. The SMILES string of the molecule is CS(=O)(=O)N1CCN(c2cc(CCC=O)nn(-c3ccc(C#N)cc3)c2=O)CC1. The van der Waals surface area contributed by atoms with Gasteiger partial charge in [0.05, 0.1) is 29.3 Å². The van der Waals surface area contributed by atoms with E-state index in [1.54, 1.807) is 30.3 Å². The highest BCUT2D eigenvalue weighted by Crippen LogP contribution is 2.17. The van der Waals surface area contributed by atoms with Crippen LogP contribution < -0.4 is 10.5 Å². The van der Waals surface area contributed by atoms with Crippen LogP contribution in [0.15, 0.2) is 35.1 Å². The van der Waals surface area contributed by atoms with Gasteiger partial charge >= 0.3 is 0 Å². The molecule has 0 saturated carbocycles. The molecule has 0 radical (unpaired) electrons. The van der Waals surface area contributed by atoms with E-state index in [0.717, 1.165) is 6.29 Å². The number of aromatic nitrogens is 2. The van der Waals surface area contributed by atoms with Crippen molar-refractivity contribution in [3.05, 3.63) is 51.9 Å². The minimum absolute atomic E-state index is 0.278. The van der Waals surface area contributed by atoms with Crippen molar-refractivity contribution in [3.8, 4) is 11.8 Å². The van der Waals surface area contributed by atoms with Crippen LogP contribution in [0.4, 0.5) is 5.69 Å². The molecular formula is C19H21N5O4S. The number of aryl methyl sites for hydroxylation is 1. The zero-order chi connectivity index (χ0) is 21.0. The van der Waals surface area contributed by atoms with Crippen molar-refractivity contribution in [2.75, 3.05) is 37.3 Å². The van der Waals surface area contributed by atoms with Crippen molar-refractivity contribution in [1.82, 2.24) is 14.1 Å². The molecule has 1 aromatic heterocycles. The van der Waals surface area contributed by atoms with Gasteiger partial charge in [-0.3, -0.25) is 4.79 Å². The zero-order valence-electron chi connectivity index (χ0n) is 16.0. The molecule has 1 fully saturated rings. The number of carbonyl (C=O) groups is 1. The van der Waals surface area contributed by atoms with Gasteiger partial charge in [-0.25, -0.2) is 8.42 Å². The van der Waals surface area contributed by atoms with Crippen LogP contribution in [0.5, 0.6) is 0 Å². The van der Waals surface area contributed by atoms with E-state index in [1.807, 2.05) is 11.0 Å².